The van der Waals surface area contributed by atoms with E-state index in [9.17, 15) is 4.79 Å². The number of benzene rings is 2. The summed E-state index contributed by atoms with van der Waals surface area (Å²) in [6.45, 7) is 0.194. The van der Waals surface area contributed by atoms with Gasteiger partial charge in [-0.1, -0.05) is 40.5 Å². The Kier molecular flexibility index (Phi) is 5.68. The van der Waals surface area contributed by atoms with Crippen molar-refractivity contribution in [2.45, 2.75) is 19.4 Å². The first kappa shape index (κ1) is 17.5. The second-order valence-corrected chi connectivity index (χ2v) is 6.29. The lowest BCUT2D eigenvalue weighted by Gasteiger charge is -2.03. The van der Waals surface area contributed by atoms with Crippen LogP contribution in [0, 0.1) is 0 Å². The van der Waals surface area contributed by atoms with E-state index >= 15 is 0 Å². The number of nitrogens with zero attached hydrogens (tertiary/aromatic N) is 2. The minimum atomic E-state index is -0.0822. The molecule has 0 atom stereocenters. The van der Waals surface area contributed by atoms with Gasteiger partial charge in [-0.25, -0.2) is 0 Å². The third-order valence-electron chi connectivity index (χ3n) is 3.56. The first-order valence-corrected chi connectivity index (χ1v) is 8.45. The van der Waals surface area contributed by atoms with Crippen molar-refractivity contribution in [1.82, 2.24) is 15.5 Å². The van der Waals surface area contributed by atoms with Gasteiger partial charge in [-0.3, -0.25) is 4.79 Å². The molecule has 3 aromatic rings. The maximum absolute atomic E-state index is 11.9. The van der Waals surface area contributed by atoms with E-state index in [0.717, 1.165) is 11.1 Å². The molecule has 0 unspecified atom stereocenters. The summed E-state index contributed by atoms with van der Waals surface area (Å²) in [5.74, 6) is 0.730. The lowest BCUT2D eigenvalue weighted by Crippen LogP contribution is -2.23. The Labute approximate surface area is 155 Å². The van der Waals surface area contributed by atoms with Crippen LogP contribution in [-0.4, -0.2) is 16.0 Å². The molecule has 5 nitrogen and oxygen atoms in total. The zero-order valence-electron chi connectivity index (χ0n) is 13.2. The standard InChI is InChI=1S/C18H15Cl2N3O2/c19-14-6-1-12(2-7-14)3-10-16(24)21-11-17-22-18(23-25-17)13-4-8-15(20)9-5-13/h1-2,4-9H,3,10-11H2,(H,21,24). The Morgan fingerprint density at radius 1 is 1.00 bits per heavy atom. The molecular weight excluding hydrogens is 361 g/mol. The van der Waals surface area contributed by atoms with Crippen LogP contribution < -0.4 is 5.32 Å². The molecule has 3 rings (SSSR count). The molecule has 1 heterocycles. The van der Waals surface area contributed by atoms with Gasteiger partial charge in [0.05, 0.1) is 6.54 Å². The van der Waals surface area contributed by atoms with Gasteiger partial charge < -0.3 is 9.84 Å². The summed E-state index contributed by atoms with van der Waals surface area (Å²) >= 11 is 11.7. The third-order valence-corrected chi connectivity index (χ3v) is 4.07. The minimum Gasteiger partial charge on any atom is -0.347 e. The first-order chi connectivity index (χ1) is 12.1. The van der Waals surface area contributed by atoms with Crippen LogP contribution in [0.1, 0.15) is 17.9 Å². The maximum Gasteiger partial charge on any atom is 0.246 e. The van der Waals surface area contributed by atoms with Crippen molar-refractivity contribution in [1.29, 1.82) is 0 Å². The van der Waals surface area contributed by atoms with Crippen LogP contribution in [-0.2, 0) is 17.8 Å². The van der Waals surface area contributed by atoms with E-state index < -0.39 is 0 Å². The SMILES string of the molecule is O=C(CCc1ccc(Cl)cc1)NCc1nc(-c2ccc(Cl)cc2)no1. The largest absolute Gasteiger partial charge is 0.347 e. The molecule has 0 saturated heterocycles. The Balaban J connectivity index is 1.49. The van der Waals surface area contributed by atoms with Gasteiger partial charge in [0.15, 0.2) is 0 Å². The highest BCUT2D eigenvalue weighted by Crippen LogP contribution is 2.18. The topological polar surface area (TPSA) is 68.0 Å². The molecule has 0 spiro atoms. The number of hydrogen-bond acceptors (Lipinski definition) is 4. The molecule has 1 aromatic heterocycles. The van der Waals surface area contributed by atoms with Crippen LogP contribution >= 0.6 is 23.2 Å². The van der Waals surface area contributed by atoms with Crippen LogP contribution in [0.4, 0.5) is 0 Å². The fraction of sp³-hybridized carbons (Fsp3) is 0.167. The number of amides is 1. The summed E-state index contributed by atoms with van der Waals surface area (Å²) in [7, 11) is 0. The number of aryl methyl sites for hydroxylation is 1. The monoisotopic (exact) mass is 375 g/mol. The second kappa shape index (κ2) is 8.14. The molecule has 1 N–H and O–H groups in total. The number of halogens is 2. The van der Waals surface area contributed by atoms with Crippen LogP contribution in [0.2, 0.25) is 10.0 Å². The highest BCUT2D eigenvalue weighted by Gasteiger charge is 2.10. The van der Waals surface area contributed by atoms with Gasteiger partial charge in [0, 0.05) is 22.0 Å². The van der Waals surface area contributed by atoms with Crippen molar-refractivity contribution in [3.63, 3.8) is 0 Å². The van der Waals surface area contributed by atoms with E-state index in [0.29, 0.717) is 34.6 Å². The summed E-state index contributed by atoms with van der Waals surface area (Å²) in [4.78, 5) is 16.2. The highest BCUT2D eigenvalue weighted by molar-refractivity contribution is 6.30. The fourth-order valence-corrected chi connectivity index (χ4v) is 2.47. The van der Waals surface area contributed by atoms with Crippen LogP contribution in [0.15, 0.2) is 53.1 Å². The molecule has 0 fully saturated rings. The predicted molar refractivity (Wildman–Crippen MR) is 96.4 cm³/mol. The first-order valence-electron chi connectivity index (χ1n) is 7.70. The van der Waals surface area contributed by atoms with Gasteiger partial charge in [0.2, 0.25) is 17.6 Å². The number of carbonyl (C=O) groups is 1. The number of hydrogen-bond donors (Lipinski definition) is 1. The summed E-state index contributed by atoms with van der Waals surface area (Å²) in [6, 6.07) is 14.6. The van der Waals surface area contributed by atoms with Crippen molar-refractivity contribution in [2.75, 3.05) is 0 Å². The van der Waals surface area contributed by atoms with Gasteiger partial charge in [-0.15, -0.1) is 0 Å². The molecule has 1 amide bonds. The molecule has 0 aliphatic carbocycles. The van der Waals surface area contributed by atoms with E-state index in [1.165, 1.54) is 0 Å². The Bertz CT molecular complexity index is 846. The lowest BCUT2D eigenvalue weighted by atomic mass is 10.1. The maximum atomic E-state index is 11.9. The molecule has 2 aromatic carbocycles. The van der Waals surface area contributed by atoms with E-state index in [2.05, 4.69) is 15.5 Å². The second-order valence-electron chi connectivity index (χ2n) is 5.42. The van der Waals surface area contributed by atoms with Gasteiger partial charge >= 0.3 is 0 Å². The Morgan fingerprint density at radius 3 is 2.32 bits per heavy atom. The van der Waals surface area contributed by atoms with E-state index in [4.69, 9.17) is 27.7 Å². The van der Waals surface area contributed by atoms with E-state index in [1.807, 2.05) is 36.4 Å². The van der Waals surface area contributed by atoms with Gasteiger partial charge in [0.1, 0.15) is 0 Å². The van der Waals surface area contributed by atoms with Crippen molar-refractivity contribution in [2.24, 2.45) is 0 Å². The van der Waals surface area contributed by atoms with E-state index in [1.54, 1.807) is 12.1 Å². The average molecular weight is 376 g/mol. The zero-order chi connectivity index (χ0) is 17.6. The fourth-order valence-electron chi connectivity index (χ4n) is 2.21. The average Bonchev–Trinajstić information content (AvgIpc) is 3.09. The molecule has 0 aliphatic heterocycles. The van der Waals surface area contributed by atoms with Crippen molar-refractivity contribution < 1.29 is 9.32 Å². The summed E-state index contributed by atoms with van der Waals surface area (Å²) in [5.41, 5.74) is 1.86. The smallest absolute Gasteiger partial charge is 0.246 e. The van der Waals surface area contributed by atoms with E-state index in [-0.39, 0.29) is 12.5 Å². The van der Waals surface area contributed by atoms with Gasteiger partial charge in [0.25, 0.3) is 0 Å². The van der Waals surface area contributed by atoms with Crippen molar-refractivity contribution in [3.8, 4) is 11.4 Å². The number of carbonyl (C=O) groups excluding carboxylic acids is 1. The number of aromatic nitrogens is 2. The summed E-state index contributed by atoms with van der Waals surface area (Å²) < 4.78 is 5.15. The molecule has 128 valence electrons. The Hall–Kier alpha value is -2.37. The summed E-state index contributed by atoms with van der Waals surface area (Å²) in [6.07, 6.45) is 1.02. The van der Waals surface area contributed by atoms with Crippen molar-refractivity contribution >= 4 is 29.1 Å². The van der Waals surface area contributed by atoms with Crippen LogP contribution in [0.5, 0.6) is 0 Å². The molecule has 0 radical (unpaired) electrons. The molecule has 0 bridgehead atoms. The third kappa shape index (κ3) is 5.05. The van der Waals surface area contributed by atoms with Crippen molar-refractivity contribution in [3.05, 3.63) is 70.0 Å². The van der Waals surface area contributed by atoms with Gasteiger partial charge in [-0.05, 0) is 48.4 Å². The van der Waals surface area contributed by atoms with Crippen LogP contribution in [0.3, 0.4) is 0 Å². The predicted octanol–water partition coefficient (Wildman–Crippen LogP) is 4.29. The molecule has 0 aliphatic rings. The normalized spacial score (nSPS) is 10.6. The molecule has 0 saturated carbocycles. The molecular formula is C18H15Cl2N3O2. The number of rotatable bonds is 6. The quantitative estimate of drug-likeness (QED) is 0.697. The zero-order valence-corrected chi connectivity index (χ0v) is 14.7. The number of nitrogens with one attached hydrogen (secondary N) is 1. The van der Waals surface area contributed by atoms with Crippen LogP contribution in [0.25, 0.3) is 11.4 Å². The lowest BCUT2D eigenvalue weighted by molar-refractivity contribution is -0.121. The Morgan fingerprint density at radius 2 is 1.64 bits per heavy atom. The molecule has 7 heteroatoms. The molecule has 25 heavy (non-hydrogen) atoms. The minimum absolute atomic E-state index is 0.0822. The van der Waals surface area contributed by atoms with Gasteiger partial charge in [-0.2, -0.15) is 4.98 Å². The highest BCUT2D eigenvalue weighted by atomic mass is 35.5. The summed E-state index contributed by atoms with van der Waals surface area (Å²) in [5, 5.41) is 8.00.